The summed E-state index contributed by atoms with van der Waals surface area (Å²) in [7, 11) is 0. The summed E-state index contributed by atoms with van der Waals surface area (Å²) >= 11 is 0. The Morgan fingerprint density at radius 1 is 1.07 bits per heavy atom. The molecule has 1 aliphatic rings. The lowest BCUT2D eigenvalue weighted by molar-refractivity contribution is 0.0940. The van der Waals surface area contributed by atoms with Gasteiger partial charge >= 0.3 is 0 Å². The molecule has 4 aromatic heterocycles. The number of nitrogen functional groups attached to an aromatic ring is 1. The Labute approximate surface area is 239 Å². The van der Waals surface area contributed by atoms with Gasteiger partial charge in [-0.15, -0.1) is 5.10 Å². The summed E-state index contributed by atoms with van der Waals surface area (Å²) in [6, 6.07) is 15.6. The largest absolute Gasteiger partial charge is 0.381 e. The predicted molar refractivity (Wildman–Crippen MR) is 157 cm³/mol. The fourth-order valence-corrected chi connectivity index (χ4v) is 5.41. The topological polar surface area (TPSA) is 138 Å². The van der Waals surface area contributed by atoms with Gasteiger partial charge in [0.2, 0.25) is 0 Å². The molecule has 11 nitrogen and oxygen atoms in total. The number of hydrogen-bond donors (Lipinski definition) is 2. The van der Waals surface area contributed by atoms with E-state index in [-0.39, 0.29) is 16.9 Å². The first kappa shape index (κ1) is 25.2. The fourth-order valence-electron chi connectivity index (χ4n) is 5.41. The van der Waals surface area contributed by atoms with Crippen LogP contribution in [-0.2, 0) is 13.0 Å². The molecule has 5 heterocycles. The molecular weight excluding hydrogens is 530 g/mol. The maximum absolute atomic E-state index is 14.2. The normalized spacial score (nSPS) is 13.1. The van der Waals surface area contributed by atoms with Gasteiger partial charge in [0.05, 0.1) is 28.8 Å². The molecule has 206 valence electrons. The molecule has 7 rings (SSSR count). The number of aryl methyl sites for hydroxylation is 1. The number of nitrogens with one attached hydrogen (secondary N) is 1. The van der Waals surface area contributed by atoms with Crippen LogP contribution in [0.2, 0.25) is 0 Å². The molecule has 0 aliphatic carbocycles. The van der Waals surface area contributed by atoms with Crippen LogP contribution in [-0.4, -0.2) is 39.6 Å². The number of nitrogens with zero attached hydrogens (tertiary/aromatic N) is 7. The van der Waals surface area contributed by atoms with Crippen molar-refractivity contribution in [1.29, 1.82) is 0 Å². The average Bonchev–Trinajstić information content (AvgIpc) is 3.70. The zero-order valence-corrected chi connectivity index (χ0v) is 22.7. The molecular formula is C31H25N9O2. The number of para-hydroxylation sites is 1. The number of anilines is 1. The minimum Gasteiger partial charge on any atom is -0.381 e. The first-order valence-electron chi connectivity index (χ1n) is 13.6. The molecule has 0 radical (unpaired) electrons. The van der Waals surface area contributed by atoms with Gasteiger partial charge in [-0.2, -0.15) is 0 Å². The minimum absolute atomic E-state index is 0.0531. The lowest BCUT2D eigenvalue weighted by atomic mass is 10.1. The molecule has 3 N–H and O–H groups in total. The Hall–Kier alpha value is -5.76. The summed E-state index contributed by atoms with van der Waals surface area (Å²) in [5.74, 6) is 7.38. The highest BCUT2D eigenvalue weighted by Gasteiger charge is 2.25. The van der Waals surface area contributed by atoms with Gasteiger partial charge in [-0.1, -0.05) is 30.2 Å². The number of carbonyl (C=O) groups excluding carboxylic acids is 1. The van der Waals surface area contributed by atoms with E-state index < -0.39 is 11.9 Å². The van der Waals surface area contributed by atoms with Crippen molar-refractivity contribution in [1.82, 2.24) is 39.0 Å². The highest BCUT2D eigenvalue weighted by atomic mass is 16.2. The van der Waals surface area contributed by atoms with E-state index >= 15 is 0 Å². The van der Waals surface area contributed by atoms with E-state index in [0.29, 0.717) is 33.6 Å². The summed E-state index contributed by atoms with van der Waals surface area (Å²) < 4.78 is 5.09. The van der Waals surface area contributed by atoms with E-state index in [4.69, 9.17) is 10.7 Å². The lowest BCUT2D eigenvalue weighted by Crippen LogP contribution is -2.33. The van der Waals surface area contributed by atoms with Crippen LogP contribution in [0.15, 0.2) is 78.0 Å². The molecule has 0 saturated heterocycles. The van der Waals surface area contributed by atoms with Gasteiger partial charge < -0.3 is 15.6 Å². The molecule has 0 spiro atoms. The highest BCUT2D eigenvalue weighted by Crippen LogP contribution is 2.22. The molecule has 11 heteroatoms. The van der Waals surface area contributed by atoms with Crippen molar-refractivity contribution in [3.05, 3.63) is 112 Å². The molecule has 6 aromatic rings. The van der Waals surface area contributed by atoms with Crippen molar-refractivity contribution in [2.24, 2.45) is 0 Å². The van der Waals surface area contributed by atoms with E-state index in [1.54, 1.807) is 37.6 Å². The Morgan fingerprint density at radius 3 is 2.79 bits per heavy atom. The number of fused-ring (bicyclic) bond motifs is 3. The van der Waals surface area contributed by atoms with E-state index in [1.165, 1.54) is 9.08 Å². The van der Waals surface area contributed by atoms with Gasteiger partial charge in [-0.3, -0.25) is 14.2 Å². The van der Waals surface area contributed by atoms with Crippen molar-refractivity contribution in [2.75, 3.05) is 5.73 Å². The van der Waals surface area contributed by atoms with Crippen LogP contribution < -0.4 is 16.6 Å². The molecule has 0 saturated carbocycles. The van der Waals surface area contributed by atoms with Crippen molar-refractivity contribution < 1.29 is 4.79 Å². The number of nitrogens with two attached hydrogens (primary N) is 1. The number of carbonyl (C=O) groups is 1. The summed E-state index contributed by atoms with van der Waals surface area (Å²) in [6.45, 7) is 2.66. The standard InChI is InChI=1S/C31H25N9O2/c1-19(35-30(41)26-27(32)37-39-17-7-15-33-29(26)39)28-36-23-11-5-8-20(13-14-22-18-34-24-12-6-16-38(22)24)25(23)31(42)40(28)21-9-3-2-4-10-21/h2-5,7-11,15,17-19H,6,12,16H2,1H3,(H2,32,37)(H,35,41)/t19-/m0/s1. The Kier molecular flexibility index (Phi) is 6.01. The van der Waals surface area contributed by atoms with E-state index in [9.17, 15) is 9.59 Å². The Bertz CT molecular complexity index is 2130. The van der Waals surface area contributed by atoms with Crippen LogP contribution in [0.4, 0.5) is 5.82 Å². The molecule has 0 bridgehead atoms. The second-order valence-corrected chi connectivity index (χ2v) is 10.1. The molecule has 1 amide bonds. The average molecular weight is 556 g/mol. The number of amides is 1. The summed E-state index contributed by atoms with van der Waals surface area (Å²) in [4.78, 5) is 41.3. The van der Waals surface area contributed by atoms with Gasteiger partial charge in [0, 0.05) is 30.9 Å². The smallest absolute Gasteiger partial charge is 0.267 e. The van der Waals surface area contributed by atoms with Crippen molar-refractivity contribution in [3.63, 3.8) is 0 Å². The van der Waals surface area contributed by atoms with Gasteiger partial charge in [0.1, 0.15) is 22.9 Å². The van der Waals surface area contributed by atoms with E-state index in [2.05, 4.69) is 36.8 Å². The second kappa shape index (κ2) is 10.0. The number of hydrogen-bond acceptors (Lipinski definition) is 7. The van der Waals surface area contributed by atoms with Crippen LogP contribution in [0.25, 0.3) is 22.2 Å². The maximum Gasteiger partial charge on any atom is 0.267 e. The fraction of sp³-hybridized carbons (Fsp3) is 0.161. The summed E-state index contributed by atoms with van der Waals surface area (Å²) in [6.07, 6.45) is 7.00. The first-order valence-corrected chi connectivity index (χ1v) is 13.6. The minimum atomic E-state index is -0.683. The zero-order chi connectivity index (χ0) is 28.8. The van der Waals surface area contributed by atoms with Crippen LogP contribution in [0.3, 0.4) is 0 Å². The van der Waals surface area contributed by atoms with E-state index in [0.717, 1.165) is 30.9 Å². The number of benzene rings is 2. The molecule has 2 aromatic carbocycles. The zero-order valence-electron chi connectivity index (χ0n) is 22.7. The van der Waals surface area contributed by atoms with Crippen LogP contribution >= 0.6 is 0 Å². The van der Waals surface area contributed by atoms with Gasteiger partial charge in [0.15, 0.2) is 11.5 Å². The number of rotatable bonds is 4. The SMILES string of the molecule is C[C@H](NC(=O)c1c(N)nn2cccnc12)c1nc2cccc(C#Cc3cnc4n3CCC4)c2c(=O)n1-c1ccccc1. The highest BCUT2D eigenvalue weighted by molar-refractivity contribution is 6.04. The monoisotopic (exact) mass is 555 g/mol. The van der Waals surface area contributed by atoms with Crippen LogP contribution in [0.5, 0.6) is 0 Å². The Balaban J connectivity index is 1.34. The summed E-state index contributed by atoms with van der Waals surface area (Å²) in [5, 5.41) is 7.52. The maximum atomic E-state index is 14.2. The van der Waals surface area contributed by atoms with Crippen molar-refractivity contribution in [2.45, 2.75) is 32.4 Å². The number of aromatic nitrogens is 7. The van der Waals surface area contributed by atoms with Crippen molar-refractivity contribution >= 4 is 28.3 Å². The predicted octanol–water partition coefficient (Wildman–Crippen LogP) is 3.04. The molecule has 42 heavy (non-hydrogen) atoms. The number of imidazole rings is 1. The van der Waals surface area contributed by atoms with E-state index in [1.807, 2.05) is 42.5 Å². The van der Waals surface area contributed by atoms with Crippen LogP contribution in [0, 0.1) is 11.8 Å². The lowest BCUT2D eigenvalue weighted by Gasteiger charge is -2.20. The first-order chi connectivity index (χ1) is 20.5. The Morgan fingerprint density at radius 2 is 1.93 bits per heavy atom. The quantitative estimate of drug-likeness (QED) is 0.319. The third-order valence-corrected chi connectivity index (χ3v) is 7.37. The second-order valence-electron chi connectivity index (χ2n) is 10.1. The van der Waals surface area contributed by atoms with Gasteiger partial charge in [0.25, 0.3) is 11.5 Å². The van der Waals surface area contributed by atoms with Crippen molar-refractivity contribution in [3.8, 4) is 17.5 Å². The van der Waals surface area contributed by atoms with Crippen LogP contribution in [0.1, 0.15) is 52.7 Å². The van der Waals surface area contributed by atoms with Gasteiger partial charge in [-0.25, -0.2) is 19.5 Å². The molecule has 0 unspecified atom stereocenters. The molecule has 1 atom stereocenters. The third-order valence-electron chi connectivity index (χ3n) is 7.37. The molecule has 1 aliphatic heterocycles. The molecule has 0 fully saturated rings. The third kappa shape index (κ3) is 4.17. The summed E-state index contributed by atoms with van der Waals surface area (Å²) in [5.41, 5.74) is 8.75. The van der Waals surface area contributed by atoms with Gasteiger partial charge in [-0.05, 0) is 49.6 Å².